The number of benzene rings is 1. The molecule has 1 heterocycles. The standard InChI is InChI=1S/C14H19ClO/c1-2-6-13-9-12(15)10-14(16-13)11-7-4-3-5-8-11/h3-5,7-8,12-14H,2,6,9-10H2,1H3/t12?,13-,14-/m1/s1. The molecule has 0 bridgehead atoms. The third-order valence-corrected chi connectivity index (χ3v) is 3.48. The lowest BCUT2D eigenvalue weighted by molar-refractivity contribution is -0.0532. The minimum Gasteiger partial charge on any atom is -0.370 e. The first-order valence-electron chi connectivity index (χ1n) is 6.14. The maximum Gasteiger partial charge on any atom is 0.0842 e. The van der Waals surface area contributed by atoms with E-state index in [1.807, 2.05) is 6.07 Å². The van der Waals surface area contributed by atoms with Gasteiger partial charge in [0.15, 0.2) is 0 Å². The Morgan fingerprint density at radius 1 is 1.25 bits per heavy atom. The maximum atomic E-state index is 6.31. The Morgan fingerprint density at radius 3 is 2.69 bits per heavy atom. The summed E-state index contributed by atoms with van der Waals surface area (Å²) in [5, 5.41) is 0.260. The summed E-state index contributed by atoms with van der Waals surface area (Å²) in [6, 6.07) is 10.4. The monoisotopic (exact) mass is 238 g/mol. The molecule has 1 nitrogen and oxygen atoms in total. The molecule has 0 aliphatic carbocycles. The molecule has 0 amide bonds. The second-order valence-electron chi connectivity index (χ2n) is 4.51. The highest BCUT2D eigenvalue weighted by Gasteiger charge is 2.28. The zero-order valence-corrected chi connectivity index (χ0v) is 10.5. The lowest BCUT2D eigenvalue weighted by atomic mass is 9.96. The molecule has 0 aromatic heterocycles. The summed E-state index contributed by atoms with van der Waals surface area (Å²) in [5.41, 5.74) is 1.26. The van der Waals surface area contributed by atoms with Gasteiger partial charge in [-0.05, 0) is 24.8 Å². The Bertz CT molecular complexity index is 312. The first-order chi connectivity index (χ1) is 7.79. The van der Waals surface area contributed by atoms with Gasteiger partial charge in [0.05, 0.1) is 12.2 Å². The smallest absolute Gasteiger partial charge is 0.0842 e. The van der Waals surface area contributed by atoms with Gasteiger partial charge in [-0.15, -0.1) is 11.6 Å². The molecule has 0 radical (unpaired) electrons. The van der Waals surface area contributed by atoms with E-state index in [1.54, 1.807) is 0 Å². The Labute approximate surface area is 103 Å². The van der Waals surface area contributed by atoms with E-state index in [0.717, 1.165) is 25.7 Å². The van der Waals surface area contributed by atoms with Crippen molar-refractivity contribution < 1.29 is 4.74 Å². The van der Waals surface area contributed by atoms with Crippen LogP contribution in [0.3, 0.4) is 0 Å². The second kappa shape index (κ2) is 5.70. The highest BCUT2D eigenvalue weighted by Crippen LogP contribution is 2.35. The fourth-order valence-corrected chi connectivity index (χ4v) is 2.71. The van der Waals surface area contributed by atoms with Crippen LogP contribution in [0.15, 0.2) is 30.3 Å². The Balaban J connectivity index is 2.04. The Kier molecular flexibility index (Phi) is 4.25. The first-order valence-corrected chi connectivity index (χ1v) is 6.57. The van der Waals surface area contributed by atoms with E-state index in [2.05, 4.69) is 31.2 Å². The summed E-state index contributed by atoms with van der Waals surface area (Å²) in [6.45, 7) is 2.19. The van der Waals surface area contributed by atoms with Crippen LogP contribution in [0.25, 0.3) is 0 Å². The molecule has 16 heavy (non-hydrogen) atoms. The van der Waals surface area contributed by atoms with Crippen LogP contribution in [0.5, 0.6) is 0 Å². The summed E-state index contributed by atoms with van der Waals surface area (Å²) in [5.74, 6) is 0. The van der Waals surface area contributed by atoms with Crippen molar-refractivity contribution in [2.45, 2.75) is 50.2 Å². The van der Waals surface area contributed by atoms with Crippen molar-refractivity contribution in [1.82, 2.24) is 0 Å². The molecular formula is C14H19ClO. The third-order valence-electron chi connectivity index (χ3n) is 3.13. The first kappa shape index (κ1) is 11.9. The normalized spacial score (nSPS) is 30.2. The molecule has 0 N–H and O–H groups in total. The largest absolute Gasteiger partial charge is 0.370 e. The fraction of sp³-hybridized carbons (Fsp3) is 0.571. The molecule has 1 aliphatic heterocycles. The molecule has 1 saturated heterocycles. The molecule has 1 aromatic rings. The van der Waals surface area contributed by atoms with Crippen LogP contribution in [-0.4, -0.2) is 11.5 Å². The van der Waals surface area contributed by atoms with E-state index in [4.69, 9.17) is 16.3 Å². The van der Waals surface area contributed by atoms with Crippen molar-refractivity contribution >= 4 is 11.6 Å². The average molecular weight is 239 g/mol. The van der Waals surface area contributed by atoms with E-state index in [1.165, 1.54) is 5.56 Å². The van der Waals surface area contributed by atoms with Crippen LogP contribution in [0, 0.1) is 0 Å². The van der Waals surface area contributed by atoms with Crippen LogP contribution in [0.2, 0.25) is 0 Å². The van der Waals surface area contributed by atoms with Crippen LogP contribution in [0.1, 0.15) is 44.3 Å². The number of halogens is 1. The second-order valence-corrected chi connectivity index (χ2v) is 5.13. The zero-order chi connectivity index (χ0) is 11.4. The van der Waals surface area contributed by atoms with Gasteiger partial charge in [-0.2, -0.15) is 0 Å². The van der Waals surface area contributed by atoms with Gasteiger partial charge in [0.1, 0.15) is 0 Å². The van der Waals surface area contributed by atoms with Crippen molar-refractivity contribution in [3.63, 3.8) is 0 Å². The van der Waals surface area contributed by atoms with Gasteiger partial charge < -0.3 is 4.74 Å². The van der Waals surface area contributed by atoms with E-state index >= 15 is 0 Å². The van der Waals surface area contributed by atoms with Crippen molar-refractivity contribution in [3.8, 4) is 0 Å². The number of hydrogen-bond donors (Lipinski definition) is 0. The molecule has 1 aromatic carbocycles. The van der Waals surface area contributed by atoms with E-state index in [-0.39, 0.29) is 11.5 Å². The van der Waals surface area contributed by atoms with Crippen LogP contribution in [-0.2, 0) is 4.74 Å². The molecule has 0 saturated carbocycles. The predicted octanol–water partition coefficient (Wildman–Crippen LogP) is 4.31. The third kappa shape index (κ3) is 2.99. The summed E-state index contributed by atoms with van der Waals surface area (Å²) < 4.78 is 6.10. The fourth-order valence-electron chi connectivity index (χ4n) is 2.35. The summed E-state index contributed by atoms with van der Waals surface area (Å²) in [4.78, 5) is 0. The summed E-state index contributed by atoms with van der Waals surface area (Å²) in [6.07, 6.45) is 4.74. The van der Waals surface area contributed by atoms with Crippen LogP contribution >= 0.6 is 11.6 Å². The number of hydrogen-bond acceptors (Lipinski definition) is 1. The number of rotatable bonds is 3. The van der Waals surface area contributed by atoms with Crippen molar-refractivity contribution in [1.29, 1.82) is 0 Å². The van der Waals surface area contributed by atoms with Gasteiger partial charge in [-0.3, -0.25) is 0 Å². The number of alkyl halides is 1. The highest BCUT2D eigenvalue weighted by atomic mass is 35.5. The average Bonchev–Trinajstić information content (AvgIpc) is 2.30. The van der Waals surface area contributed by atoms with Crippen molar-refractivity contribution in [3.05, 3.63) is 35.9 Å². The van der Waals surface area contributed by atoms with Crippen LogP contribution in [0.4, 0.5) is 0 Å². The van der Waals surface area contributed by atoms with Gasteiger partial charge in [0, 0.05) is 5.38 Å². The van der Waals surface area contributed by atoms with Crippen LogP contribution < -0.4 is 0 Å². The van der Waals surface area contributed by atoms with Crippen molar-refractivity contribution in [2.24, 2.45) is 0 Å². The van der Waals surface area contributed by atoms with E-state index in [0.29, 0.717) is 6.10 Å². The van der Waals surface area contributed by atoms with Crippen molar-refractivity contribution in [2.75, 3.05) is 0 Å². The minimum absolute atomic E-state index is 0.189. The quantitative estimate of drug-likeness (QED) is 0.713. The predicted molar refractivity (Wildman–Crippen MR) is 67.8 cm³/mol. The summed E-state index contributed by atoms with van der Waals surface area (Å²) in [7, 11) is 0. The van der Waals surface area contributed by atoms with E-state index < -0.39 is 0 Å². The molecule has 2 rings (SSSR count). The molecule has 0 spiro atoms. The Hall–Kier alpha value is -0.530. The molecule has 1 aliphatic rings. The molecule has 2 heteroatoms. The Morgan fingerprint density at radius 2 is 2.00 bits per heavy atom. The molecule has 3 atom stereocenters. The summed E-state index contributed by atoms with van der Waals surface area (Å²) >= 11 is 6.31. The highest BCUT2D eigenvalue weighted by molar-refractivity contribution is 6.20. The van der Waals surface area contributed by atoms with E-state index in [9.17, 15) is 0 Å². The molecule has 88 valence electrons. The molecular weight excluding hydrogens is 220 g/mol. The lowest BCUT2D eigenvalue weighted by Gasteiger charge is -2.33. The lowest BCUT2D eigenvalue weighted by Crippen LogP contribution is -2.28. The maximum absolute atomic E-state index is 6.31. The van der Waals surface area contributed by atoms with Gasteiger partial charge in [0.2, 0.25) is 0 Å². The molecule has 1 unspecified atom stereocenters. The number of ether oxygens (including phenoxy) is 1. The van der Waals surface area contributed by atoms with Gasteiger partial charge in [0.25, 0.3) is 0 Å². The topological polar surface area (TPSA) is 9.23 Å². The van der Waals surface area contributed by atoms with Gasteiger partial charge >= 0.3 is 0 Å². The minimum atomic E-state index is 0.189. The molecule has 1 fully saturated rings. The SMILES string of the molecule is CCC[C@@H]1CC(Cl)C[C@H](c2ccccc2)O1. The van der Waals surface area contributed by atoms with Gasteiger partial charge in [-0.1, -0.05) is 43.7 Å². The zero-order valence-electron chi connectivity index (χ0n) is 9.73. The van der Waals surface area contributed by atoms with Gasteiger partial charge in [-0.25, -0.2) is 0 Å².